The van der Waals surface area contributed by atoms with Crippen LogP contribution in [0, 0.1) is 13.8 Å². The molecule has 2 N–H and O–H groups in total. The predicted octanol–water partition coefficient (Wildman–Crippen LogP) is 1.62. The van der Waals surface area contributed by atoms with E-state index in [9.17, 15) is 9.59 Å². The van der Waals surface area contributed by atoms with E-state index in [2.05, 4.69) is 15.5 Å². The normalized spacial score (nSPS) is 10.6. The lowest BCUT2D eigenvalue weighted by atomic mass is 10.2. The van der Waals surface area contributed by atoms with Crippen molar-refractivity contribution in [2.75, 3.05) is 0 Å². The Morgan fingerprint density at radius 2 is 2.14 bits per heavy atom. The number of hydrogen-bond acceptors (Lipinski definition) is 6. The molecule has 2 heterocycles. The van der Waals surface area contributed by atoms with Crippen LogP contribution >= 0.6 is 0 Å². The molecule has 0 spiro atoms. The van der Waals surface area contributed by atoms with Gasteiger partial charge < -0.3 is 19.4 Å². The van der Waals surface area contributed by atoms with E-state index in [-0.39, 0.29) is 18.0 Å². The third kappa shape index (κ3) is 4.18. The van der Waals surface area contributed by atoms with Crippen LogP contribution in [0.2, 0.25) is 0 Å². The highest BCUT2D eigenvalue weighted by Crippen LogP contribution is 2.14. The summed E-state index contributed by atoms with van der Waals surface area (Å²) in [7, 11) is 0. The number of carbonyl (C=O) groups is 2. The molecule has 0 bridgehead atoms. The Morgan fingerprint density at radius 1 is 1.36 bits per heavy atom. The smallest absolute Gasteiger partial charge is 0.339 e. The first-order valence-electron chi connectivity index (χ1n) is 6.84. The second kappa shape index (κ2) is 6.88. The molecule has 0 saturated heterocycles. The summed E-state index contributed by atoms with van der Waals surface area (Å²) in [4.78, 5) is 26.6. The first-order valence-corrected chi connectivity index (χ1v) is 6.84. The summed E-state index contributed by atoms with van der Waals surface area (Å²) in [5.41, 5.74) is 0.107. The lowest BCUT2D eigenvalue weighted by Crippen LogP contribution is -2.22. The van der Waals surface area contributed by atoms with Gasteiger partial charge in [0.25, 0.3) is 0 Å². The van der Waals surface area contributed by atoms with Crippen LogP contribution < -0.4 is 5.32 Å². The van der Waals surface area contributed by atoms with Gasteiger partial charge in [0.05, 0.1) is 6.54 Å². The molecule has 0 saturated carbocycles. The maximum absolute atomic E-state index is 11.7. The zero-order chi connectivity index (χ0) is 16.1. The first-order chi connectivity index (χ1) is 10.5. The van der Waals surface area contributed by atoms with Gasteiger partial charge in [-0.15, -0.1) is 0 Å². The van der Waals surface area contributed by atoms with Crippen LogP contribution in [-0.4, -0.2) is 27.1 Å². The summed E-state index contributed by atoms with van der Waals surface area (Å²) in [5.74, 6) is 0.620. The van der Waals surface area contributed by atoms with Crippen LogP contribution in [0.25, 0.3) is 0 Å². The van der Waals surface area contributed by atoms with Crippen molar-refractivity contribution in [2.24, 2.45) is 0 Å². The molecule has 118 valence electrons. The Labute approximate surface area is 126 Å². The molecule has 2 aromatic heterocycles. The van der Waals surface area contributed by atoms with E-state index in [0.29, 0.717) is 42.5 Å². The van der Waals surface area contributed by atoms with Crippen LogP contribution in [0.1, 0.15) is 46.4 Å². The molecule has 0 radical (unpaired) electrons. The molecule has 1 amide bonds. The van der Waals surface area contributed by atoms with Crippen LogP contribution in [0.4, 0.5) is 0 Å². The Hall–Kier alpha value is -2.64. The van der Waals surface area contributed by atoms with Crippen LogP contribution in [-0.2, 0) is 17.8 Å². The summed E-state index contributed by atoms with van der Waals surface area (Å²) >= 11 is 0. The maximum atomic E-state index is 11.7. The van der Waals surface area contributed by atoms with Crippen LogP contribution in [0.5, 0.6) is 0 Å². The number of carboxylic acid groups (broad SMARTS) is 1. The molecule has 0 aliphatic heterocycles. The van der Waals surface area contributed by atoms with Crippen LogP contribution in [0.3, 0.4) is 0 Å². The molecule has 0 aliphatic carbocycles. The number of aryl methyl sites for hydroxylation is 3. The van der Waals surface area contributed by atoms with Crippen molar-refractivity contribution in [1.82, 2.24) is 15.5 Å². The lowest BCUT2D eigenvalue weighted by molar-refractivity contribution is -0.121. The molecule has 2 aromatic rings. The van der Waals surface area contributed by atoms with Gasteiger partial charge in [-0.25, -0.2) is 4.79 Å². The molecule has 8 nitrogen and oxygen atoms in total. The number of aromatic nitrogens is 2. The molecular formula is C14H17N3O5. The van der Waals surface area contributed by atoms with E-state index in [1.165, 1.54) is 6.07 Å². The molecule has 8 heteroatoms. The largest absolute Gasteiger partial charge is 0.478 e. The zero-order valence-electron chi connectivity index (χ0n) is 12.4. The van der Waals surface area contributed by atoms with E-state index in [4.69, 9.17) is 14.0 Å². The molecule has 0 unspecified atom stereocenters. The van der Waals surface area contributed by atoms with Gasteiger partial charge in [-0.2, -0.15) is 4.98 Å². The van der Waals surface area contributed by atoms with Gasteiger partial charge in [0.15, 0.2) is 5.82 Å². The molecular weight excluding hydrogens is 290 g/mol. The van der Waals surface area contributed by atoms with Crippen molar-refractivity contribution in [3.63, 3.8) is 0 Å². The van der Waals surface area contributed by atoms with Crippen LogP contribution in [0.15, 0.2) is 15.0 Å². The first kappa shape index (κ1) is 15.7. The van der Waals surface area contributed by atoms with Gasteiger partial charge in [0.2, 0.25) is 11.8 Å². The topological polar surface area (TPSA) is 118 Å². The minimum Gasteiger partial charge on any atom is -0.478 e. The second-order valence-electron chi connectivity index (χ2n) is 4.85. The summed E-state index contributed by atoms with van der Waals surface area (Å²) in [6.07, 6.45) is 1.44. The lowest BCUT2D eigenvalue weighted by Gasteiger charge is -2.02. The fourth-order valence-corrected chi connectivity index (χ4v) is 1.96. The van der Waals surface area contributed by atoms with E-state index in [0.717, 1.165) is 0 Å². The predicted molar refractivity (Wildman–Crippen MR) is 74.2 cm³/mol. The minimum absolute atomic E-state index is 0.107. The number of rotatable bonds is 7. The quantitative estimate of drug-likeness (QED) is 0.797. The average Bonchev–Trinajstić information content (AvgIpc) is 3.02. The number of hydrogen-bond donors (Lipinski definition) is 2. The standard InChI is InChI=1S/C14H17N3O5/c1-8-11(14(19)20)6-10(21-8)7-15-12(18)4-3-5-13-16-9(2)17-22-13/h6H,3-5,7H2,1-2H3,(H,15,18)(H,19,20). The number of aromatic carboxylic acids is 1. The van der Waals surface area contributed by atoms with Crippen molar-refractivity contribution in [3.8, 4) is 0 Å². The van der Waals surface area contributed by atoms with Gasteiger partial charge in [-0.05, 0) is 26.3 Å². The molecule has 0 fully saturated rings. The number of nitrogens with zero attached hydrogens (tertiary/aromatic N) is 2. The van der Waals surface area contributed by atoms with Crippen molar-refractivity contribution in [3.05, 3.63) is 34.9 Å². The molecule has 0 aromatic carbocycles. The highest BCUT2D eigenvalue weighted by Gasteiger charge is 2.14. The van der Waals surface area contributed by atoms with E-state index in [1.807, 2.05) is 0 Å². The monoisotopic (exact) mass is 307 g/mol. The summed E-state index contributed by atoms with van der Waals surface area (Å²) in [6, 6.07) is 1.42. The second-order valence-corrected chi connectivity index (χ2v) is 4.85. The van der Waals surface area contributed by atoms with Gasteiger partial charge >= 0.3 is 5.97 Å². The summed E-state index contributed by atoms with van der Waals surface area (Å²) in [5, 5.41) is 15.3. The van der Waals surface area contributed by atoms with Crippen molar-refractivity contribution < 1.29 is 23.6 Å². The highest BCUT2D eigenvalue weighted by molar-refractivity contribution is 5.88. The number of nitrogens with one attached hydrogen (secondary N) is 1. The van der Waals surface area contributed by atoms with E-state index >= 15 is 0 Å². The molecule has 2 rings (SSSR count). The number of furan rings is 1. The zero-order valence-corrected chi connectivity index (χ0v) is 12.4. The third-order valence-electron chi connectivity index (χ3n) is 3.02. The minimum atomic E-state index is -1.05. The summed E-state index contributed by atoms with van der Waals surface area (Å²) in [6.45, 7) is 3.46. The number of amides is 1. The molecule has 0 aliphatic rings. The summed E-state index contributed by atoms with van der Waals surface area (Å²) < 4.78 is 10.2. The third-order valence-corrected chi connectivity index (χ3v) is 3.02. The SMILES string of the molecule is Cc1noc(CCCC(=O)NCc2cc(C(=O)O)c(C)o2)n1. The molecule has 22 heavy (non-hydrogen) atoms. The average molecular weight is 307 g/mol. The van der Waals surface area contributed by atoms with Crippen molar-refractivity contribution >= 4 is 11.9 Å². The van der Waals surface area contributed by atoms with Crippen molar-refractivity contribution in [1.29, 1.82) is 0 Å². The highest BCUT2D eigenvalue weighted by atomic mass is 16.5. The number of carbonyl (C=O) groups excluding carboxylic acids is 1. The Bertz CT molecular complexity index is 674. The van der Waals surface area contributed by atoms with Gasteiger partial charge in [-0.1, -0.05) is 5.16 Å². The van der Waals surface area contributed by atoms with Gasteiger partial charge in [0.1, 0.15) is 17.1 Å². The van der Waals surface area contributed by atoms with Gasteiger partial charge in [-0.3, -0.25) is 4.79 Å². The maximum Gasteiger partial charge on any atom is 0.339 e. The Balaban J connectivity index is 1.73. The fraction of sp³-hybridized carbons (Fsp3) is 0.429. The number of carboxylic acids is 1. The van der Waals surface area contributed by atoms with E-state index < -0.39 is 5.97 Å². The Kier molecular flexibility index (Phi) is 4.92. The van der Waals surface area contributed by atoms with Gasteiger partial charge in [0, 0.05) is 12.8 Å². The Morgan fingerprint density at radius 3 is 2.73 bits per heavy atom. The van der Waals surface area contributed by atoms with Crippen molar-refractivity contribution in [2.45, 2.75) is 39.7 Å². The van der Waals surface area contributed by atoms with E-state index in [1.54, 1.807) is 13.8 Å². The fourth-order valence-electron chi connectivity index (χ4n) is 1.96. The molecule has 0 atom stereocenters.